The summed E-state index contributed by atoms with van der Waals surface area (Å²) in [7, 11) is 0. The molecular formula is C21H20F6N2O2. The molecule has 0 radical (unpaired) electrons. The molecule has 0 unspecified atom stereocenters. The Balaban J connectivity index is 1.45. The van der Waals surface area contributed by atoms with E-state index in [1.54, 1.807) is 0 Å². The van der Waals surface area contributed by atoms with Gasteiger partial charge in [-0.25, -0.2) is 4.98 Å². The Morgan fingerprint density at radius 2 is 1.65 bits per heavy atom. The van der Waals surface area contributed by atoms with Crippen LogP contribution in [0.1, 0.15) is 42.4 Å². The van der Waals surface area contributed by atoms with Crippen LogP contribution in [0, 0.1) is 0 Å². The van der Waals surface area contributed by atoms with Crippen LogP contribution in [-0.2, 0) is 23.6 Å². The molecule has 1 heterocycles. The standard InChI is InChI=1S/C21H20F6N2O2/c22-20(23,24)14-3-1-2-13(10-14)11-18(30)29-16-5-7-17(8-6-16)31-19-9-4-15(12-28-19)21(25,26)27/h1-4,9-10,12,16-17H,5-8,11H2,(H,29,30). The van der Waals surface area contributed by atoms with Crippen molar-refractivity contribution in [2.24, 2.45) is 0 Å². The Labute approximate surface area is 174 Å². The van der Waals surface area contributed by atoms with E-state index in [1.807, 2.05) is 0 Å². The summed E-state index contributed by atoms with van der Waals surface area (Å²) in [6, 6.07) is 6.59. The highest BCUT2D eigenvalue weighted by atomic mass is 19.4. The second kappa shape index (κ2) is 9.15. The number of hydrogen-bond acceptors (Lipinski definition) is 3. The second-order valence-electron chi connectivity index (χ2n) is 7.42. The van der Waals surface area contributed by atoms with Gasteiger partial charge in [0.1, 0.15) is 6.10 Å². The SMILES string of the molecule is O=C(Cc1cccc(C(F)(F)F)c1)NC1CCC(Oc2ccc(C(F)(F)F)cn2)CC1. The van der Waals surface area contributed by atoms with E-state index in [0.717, 1.165) is 24.4 Å². The molecule has 0 aliphatic heterocycles. The van der Waals surface area contributed by atoms with Crippen molar-refractivity contribution in [1.29, 1.82) is 0 Å². The molecule has 2 aromatic rings. The smallest absolute Gasteiger partial charge is 0.417 e. The van der Waals surface area contributed by atoms with Gasteiger partial charge in [-0.1, -0.05) is 18.2 Å². The van der Waals surface area contributed by atoms with Gasteiger partial charge in [0.15, 0.2) is 0 Å². The normalized spacial score (nSPS) is 19.7. The third-order valence-corrected chi connectivity index (χ3v) is 5.01. The first-order chi connectivity index (χ1) is 14.5. The van der Waals surface area contributed by atoms with Crippen LogP contribution in [-0.4, -0.2) is 23.0 Å². The summed E-state index contributed by atoms with van der Waals surface area (Å²) in [6.45, 7) is 0. The van der Waals surface area contributed by atoms with Gasteiger partial charge < -0.3 is 10.1 Å². The third kappa shape index (κ3) is 6.60. The van der Waals surface area contributed by atoms with Crippen molar-refractivity contribution < 1.29 is 35.9 Å². The van der Waals surface area contributed by atoms with E-state index in [4.69, 9.17) is 4.74 Å². The number of pyridine rings is 1. The van der Waals surface area contributed by atoms with E-state index in [-0.39, 0.29) is 35.9 Å². The summed E-state index contributed by atoms with van der Waals surface area (Å²) >= 11 is 0. The van der Waals surface area contributed by atoms with Crippen molar-refractivity contribution in [3.63, 3.8) is 0 Å². The molecule has 168 valence electrons. The van der Waals surface area contributed by atoms with Gasteiger partial charge in [-0.2, -0.15) is 26.3 Å². The highest BCUT2D eigenvalue weighted by Gasteiger charge is 2.32. The van der Waals surface area contributed by atoms with Crippen LogP contribution < -0.4 is 10.1 Å². The van der Waals surface area contributed by atoms with Gasteiger partial charge in [-0.15, -0.1) is 0 Å². The van der Waals surface area contributed by atoms with Crippen LogP contribution in [0.15, 0.2) is 42.6 Å². The van der Waals surface area contributed by atoms with Crippen molar-refractivity contribution in [1.82, 2.24) is 10.3 Å². The largest absolute Gasteiger partial charge is 0.474 e. The lowest BCUT2D eigenvalue weighted by molar-refractivity contribution is -0.138. The Morgan fingerprint density at radius 3 is 2.23 bits per heavy atom. The van der Waals surface area contributed by atoms with Crippen LogP contribution in [0.4, 0.5) is 26.3 Å². The fraction of sp³-hybridized carbons (Fsp3) is 0.429. The summed E-state index contributed by atoms with van der Waals surface area (Å²) in [5.74, 6) is -0.266. The maximum atomic E-state index is 12.8. The number of alkyl halides is 6. The maximum Gasteiger partial charge on any atom is 0.417 e. The van der Waals surface area contributed by atoms with Gasteiger partial charge in [0.2, 0.25) is 11.8 Å². The minimum absolute atomic E-state index is 0.102. The number of halogens is 6. The minimum Gasteiger partial charge on any atom is -0.474 e. The number of benzene rings is 1. The maximum absolute atomic E-state index is 12.8. The van der Waals surface area contributed by atoms with E-state index in [0.29, 0.717) is 25.7 Å². The second-order valence-corrected chi connectivity index (χ2v) is 7.42. The van der Waals surface area contributed by atoms with Crippen molar-refractivity contribution in [2.45, 2.75) is 56.6 Å². The van der Waals surface area contributed by atoms with Crippen LogP contribution >= 0.6 is 0 Å². The van der Waals surface area contributed by atoms with E-state index in [2.05, 4.69) is 10.3 Å². The molecule has 3 rings (SSSR count). The molecule has 31 heavy (non-hydrogen) atoms. The fourth-order valence-corrected chi connectivity index (χ4v) is 3.44. The van der Waals surface area contributed by atoms with E-state index < -0.39 is 23.5 Å². The van der Waals surface area contributed by atoms with Gasteiger partial charge in [-0.3, -0.25) is 4.79 Å². The molecule has 1 aromatic heterocycles. The molecule has 1 saturated carbocycles. The molecule has 1 N–H and O–H groups in total. The molecule has 1 aliphatic carbocycles. The first-order valence-corrected chi connectivity index (χ1v) is 9.66. The first-order valence-electron chi connectivity index (χ1n) is 9.66. The van der Waals surface area contributed by atoms with Crippen LogP contribution in [0.3, 0.4) is 0 Å². The van der Waals surface area contributed by atoms with Crippen LogP contribution in [0.2, 0.25) is 0 Å². The van der Waals surface area contributed by atoms with Gasteiger partial charge >= 0.3 is 12.4 Å². The quantitative estimate of drug-likeness (QED) is 0.645. The number of carbonyl (C=O) groups excluding carboxylic acids is 1. The van der Waals surface area contributed by atoms with Crippen molar-refractivity contribution in [3.8, 4) is 5.88 Å². The van der Waals surface area contributed by atoms with Gasteiger partial charge in [0.25, 0.3) is 0 Å². The summed E-state index contributed by atoms with van der Waals surface area (Å²) in [4.78, 5) is 15.9. The highest BCUT2D eigenvalue weighted by molar-refractivity contribution is 5.78. The number of aromatic nitrogens is 1. The number of nitrogens with one attached hydrogen (secondary N) is 1. The van der Waals surface area contributed by atoms with Crippen LogP contribution in [0.25, 0.3) is 0 Å². The Hall–Kier alpha value is -2.78. The molecule has 0 bridgehead atoms. The molecule has 1 aromatic carbocycles. The average molecular weight is 446 g/mol. The number of carbonyl (C=O) groups is 1. The zero-order chi connectivity index (χ0) is 22.6. The molecule has 1 fully saturated rings. The lowest BCUT2D eigenvalue weighted by Crippen LogP contribution is -2.40. The number of nitrogens with zero attached hydrogens (tertiary/aromatic N) is 1. The lowest BCUT2D eigenvalue weighted by Gasteiger charge is -2.29. The summed E-state index contributed by atoms with van der Waals surface area (Å²) < 4.78 is 81.7. The molecule has 1 aliphatic rings. The molecule has 0 atom stereocenters. The fourth-order valence-electron chi connectivity index (χ4n) is 3.44. The van der Waals surface area contributed by atoms with Crippen molar-refractivity contribution in [2.75, 3.05) is 0 Å². The van der Waals surface area contributed by atoms with E-state index in [9.17, 15) is 31.1 Å². The Kier molecular flexibility index (Phi) is 6.76. The predicted molar refractivity (Wildman–Crippen MR) is 99.2 cm³/mol. The molecule has 0 spiro atoms. The number of ether oxygens (including phenoxy) is 1. The van der Waals surface area contributed by atoms with Crippen molar-refractivity contribution in [3.05, 3.63) is 59.3 Å². The third-order valence-electron chi connectivity index (χ3n) is 5.01. The number of rotatable bonds is 5. The van der Waals surface area contributed by atoms with Crippen LogP contribution in [0.5, 0.6) is 5.88 Å². The number of amides is 1. The van der Waals surface area contributed by atoms with E-state index in [1.165, 1.54) is 18.2 Å². The average Bonchev–Trinajstić information content (AvgIpc) is 2.69. The van der Waals surface area contributed by atoms with Gasteiger partial charge in [0, 0.05) is 18.3 Å². The summed E-state index contributed by atoms with van der Waals surface area (Å²) in [5.41, 5.74) is -1.38. The molecule has 10 heteroatoms. The van der Waals surface area contributed by atoms with E-state index >= 15 is 0 Å². The Bertz CT molecular complexity index is 888. The zero-order valence-electron chi connectivity index (χ0n) is 16.3. The monoisotopic (exact) mass is 446 g/mol. The number of hydrogen-bond donors (Lipinski definition) is 1. The summed E-state index contributed by atoms with van der Waals surface area (Å²) in [6.07, 6.45) is -6.30. The lowest BCUT2D eigenvalue weighted by atomic mass is 9.92. The topological polar surface area (TPSA) is 51.2 Å². The molecule has 4 nitrogen and oxygen atoms in total. The Morgan fingerprint density at radius 1 is 0.968 bits per heavy atom. The predicted octanol–water partition coefficient (Wildman–Crippen LogP) is 5.17. The molecule has 1 amide bonds. The minimum atomic E-state index is -4.47. The zero-order valence-corrected chi connectivity index (χ0v) is 16.3. The van der Waals surface area contributed by atoms with Crippen molar-refractivity contribution >= 4 is 5.91 Å². The first kappa shape index (κ1) is 22.9. The molecule has 0 saturated heterocycles. The highest BCUT2D eigenvalue weighted by Crippen LogP contribution is 2.31. The van der Waals surface area contributed by atoms with Gasteiger partial charge in [0.05, 0.1) is 17.5 Å². The molecular weight excluding hydrogens is 426 g/mol. The summed E-state index contributed by atoms with van der Waals surface area (Å²) in [5, 5.41) is 2.82. The van der Waals surface area contributed by atoms with Gasteiger partial charge in [-0.05, 0) is 43.4 Å².